The Balaban J connectivity index is 2.17. The van der Waals surface area contributed by atoms with Gasteiger partial charge in [0.15, 0.2) is 0 Å². The SMILES string of the molecule is O=C(OC1CCCCC1)c1cc(Cl)ncc1[N+](=O)[O-]. The van der Waals surface area contributed by atoms with Gasteiger partial charge in [0.25, 0.3) is 0 Å². The summed E-state index contributed by atoms with van der Waals surface area (Å²) in [5.41, 5.74) is -0.527. The highest BCUT2D eigenvalue weighted by Crippen LogP contribution is 2.25. The number of ether oxygens (including phenoxy) is 1. The topological polar surface area (TPSA) is 82.3 Å². The first kappa shape index (κ1) is 13.7. The maximum absolute atomic E-state index is 12.0. The molecule has 1 fully saturated rings. The third-order valence-electron chi connectivity index (χ3n) is 3.09. The van der Waals surface area contributed by atoms with Gasteiger partial charge in [0, 0.05) is 0 Å². The first-order valence-electron chi connectivity index (χ1n) is 6.09. The Labute approximate surface area is 114 Å². The highest BCUT2D eigenvalue weighted by atomic mass is 35.5. The summed E-state index contributed by atoms with van der Waals surface area (Å²) in [6.45, 7) is 0. The molecule has 102 valence electrons. The smallest absolute Gasteiger partial charge is 0.345 e. The third-order valence-corrected chi connectivity index (χ3v) is 3.30. The highest BCUT2D eigenvalue weighted by molar-refractivity contribution is 6.29. The van der Waals surface area contributed by atoms with Crippen molar-refractivity contribution in [3.05, 3.63) is 33.1 Å². The van der Waals surface area contributed by atoms with Gasteiger partial charge in [-0.25, -0.2) is 9.78 Å². The van der Waals surface area contributed by atoms with Crippen LogP contribution in [-0.4, -0.2) is 22.0 Å². The van der Waals surface area contributed by atoms with Gasteiger partial charge in [-0.3, -0.25) is 10.1 Å². The Morgan fingerprint density at radius 1 is 1.42 bits per heavy atom. The minimum Gasteiger partial charge on any atom is -0.459 e. The number of hydrogen-bond donors (Lipinski definition) is 0. The molecule has 1 saturated carbocycles. The molecule has 0 atom stereocenters. The van der Waals surface area contributed by atoms with Crippen LogP contribution in [-0.2, 0) is 4.74 Å². The van der Waals surface area contributed by atoms with Crippen LogP contribution in [0.4, 0.5) is 5.69 Å². The maximum Gasteiger partial charge on any atom is 0.345 e. The molecule has 0 saturated heterocycles. The molecular formula is C12H13ClN2O4. The van der Waals surface area contributed by atoms with Gasteiger partial charge in [0.2, 0.25) is 0 Å². The minimum atomic E-state index is -0.706. The van der Waals surface area contributed by atoms with E-state index in [1.165, 1.54) is 6.07 Å². The monoisotopic (exact) mass is 284 g/mol. The lowest BCUT2D eigenvalue weighted by Gasteiger charge is -2.21. The van der Waals surface area contributed by atoms with Crippen molar-refractivity contribution in [3.63, 3.8) is 0 Å². The molecular weight excluding hydrogens is 272 g/mol. The van der Waals surface area contributed by atoms with E-state index in [2.05, 4.69) is 4.98 Å². The van der Waals surface area contributed by atoms with Crippen LogP contribution in [0.3, 0.4) is 0 Å². The van der Waals surface area contributed by atoms with Crippen molar-refractivity contribution in [1.29, 1.82) is 0 Å². The molecule has 6 nitrogen and oxygen atoms in total. The maximum atomic E-state index is 12.0. The van der Waals surface area contributed by atoms with E-state index in [1.54, 1.807) is 0 Å². The fourth-order valence-corrected chi connectivity index (χ4v) is 2.29. The van der Waals surface area contributed by atoms with Crippen molar-refractivity contribution in [2.75, 3.05) is 0 Å². The summed E-state index contributed by atoms with van der Waals surface area (Å²) in [5.74, 6) is -0.706. The van der Waals surface area contributed by atoms with Crippen LogP contribution in [0.15, 0.2) is 12.3 Å². The van der Waals surface area contributed by atoms with Gasteiger partial charge in [0.1, 0.15) is 23.0 Å². The second-order valence-corrected chi connectivity index (χ2v) is 4.83. The number of nitrogens with zero attached hydrogens (tertiary/aromatic N) is 2. The van der Waals surface area contributed by atoms with E-state index in [9.17, 15) is 14.9 Å². The number of rotatable bonds is 3. The third kappa shape index (κ3) is 3.41. The van der Waals surface area contributed by atoms with Crippen LogP contribution in [0.1, 0.15) is 42.5 Å². The molecule has 0 spiro atoms. The van der Waals surface area contributed by atoms with E-state index in [-0.39, 0.29) is 22.5 Å². The predicted molar refractivity (Wildman–Crippen MR) is 68.2 cm³/mol. The Bertz CT molecular complexity index is 501. The molecule has 7 heteroatoms. The first-order chi connectivity index (χ1) is 9.08. The second kappa shape index (κ2) is 5.97. The molecule has 0 radical (unpaired) electrons. The average molecular weight is 285 g/mol. The molecule has 0 amide bonds. The number of nitro groups is 1. The second-order valence-electron chi connectivity index (χ2n) is 4.45. The minimum absolute atomic E-state index is 0.0289. The zero-order valence-electron chi connectivity index (χ0n) is 10.2. The lowest BCUT2D eigenvalue weighted by atomic mass is 9.98. The van der Waals surface area contributed by atoms with Gasteiger partial charge in [-0.1, -0.05) is 18.0 Å². The molecule has 19 heavy (non-hydrogen) atoms. The molecule has 1 aromatic rings. The molecule has 1 aliphatic carbocycles. The highest BCUT2D eigenvalue weighted by Gasteiger charge is 2.26. The summed E-state index contributed by atoms with van der Waals surface area (Å²) < 4.78 is 5.29. The van der Waals surface area contributed by atoms with Crippen molar-refractivity contribution in [2.24, 2.45) is 0 Å². The van der Waals surface area contributed by atoms with Crippen LogP contribution < -0.4 is 0 Å². The van der Waals surface area contributed by atoms with Gasteiger partial charge in [-0.05, 0) is 31.7 Å². The molecule has 0 unspecified atom stereocenters. The van der Waals surface area contributed by atoms with E-state index < -0.39 is 10.9 Å². The first-order valence-corrected chi connectivity index (χ1v) is 6.46. The van der Waals surface area contributed by atoms with Gasteiger partial charge in [-0.2, -0.15) is 0 Å². The van der Waals surface area contributed by atoms with Gasteiger partial charge >= 0.3 is 11.7 Å². The summed E-state index contributed by atoms with van der Waals surface area (Å²) >= 11 is 5.67. The number of halogens is 1. The van der Waals surface area contributed by atoms with Crippen molar-refractivity contribution < 1.29 is 14.5 Å². The van der Waals surface area contributed by atoms with Crippen LogP contribution in [0.5, 0.6) is 0 Å². The van der Waals surface area contributed by atoms with Crippen molar-refractivity contribution in [3.8, 4) is 0 Å². The summed E-state index contributed by atoms with van der Waals surface area (Å²) in [6.07, 6.45) is 5.58. The average Bonchev–Trinajstić information content (AvgIpc) is 2.39. The Morgan fingerprint density at radius 2 is 2.11 bits per heavy atom. The quantitative estimate of drug-likeness (QED) is 0.368. The van der Waals surface area contributed by atoms with E-state index in [4.69, 9.17) is 16.3 Å². The van der Waals surface area contributed by atoms with Crippen molar-refractivity contribution >= 4 is 23.3 Å². The summed E-state index contributed by atoms with van der Waals surface area (Å²) in [5, 5.41) is 10.9. The normalized spacial score (nSPS) is 16.1. The number of esters is 1. The van der Waals surface area contributed by atoms with E-state index >= 15 is 0 Å². The van der Waals surface area contributed by atoms with Crippen molar-refractivity contribution in [1.82, 2.24) is 4.98 Å². The number of aromatic nitrogens is 1. The largest absolute Gasteiger partial charge is 0.459 e. The van der Waals surface area contributed by atoms with E-state index in [0.717, 1.165) is 38.3 Å². The zero-order valence-corrected chi connectivity index (χ0v) is 10.9. The van der Waals surface area contributed by atoms with Crippen molar-refractivity contribution in [2.45, 2.75) is 38.2 Å². The number of carbonyl (C=O) groups is 1. The Hall–Kier alpha value is -1.69. The predicted octanol–water partition coefficient (Wildman–Crippen LogP) is 3.13. The van der Waals surface area contributed by atoms with Gasteiger partial charge in [-0.15, -0.1) is 0 Å². The summed E-state index contributed by atoms with van der Waals surface area (Å²) in [7, 11) is 0. The van der Waals surface area contributed by atoms with Crippen LogP contribution in [0.2, 0.25) is 5.15 Å². The molecule has 2 rings (SSSR count). The summed E-state index contributed by atoms with van der Waals surface area (Å²) in [6, 6.07) is 1.17. The lowest BCUT2D eigenvalue weighted by Crippen LogP contribution is -2.21. The summed E-state index contributed by atoms with van der Waals surface area (Å²) in [4.78, 5) is 25.8. The molecule has 0 bridgehead atoms. The molecule has 1 aromatic heterocycles. The standard InChI is InChI=1S/C12H13ClN2O4/c13-11-6-9(10(7-14-11)15(17)18)12(16)19-8-4-2-1-3-5-8/h6-8H,1-5H2. The van der Waals surface area contributed by atoms with Crippen LogP contribution in [0, 0.1) is 10.1 Å². The molecule has 0 aliphatic heterocycles. The van der Waals surface area contributed by atoms with Gasteiger partial charge in [0.05, 0.1) is 4.92 Å². The number of hydrogen-bond acceptors (Lipinski definition) is 5. The number of carbonyl (C=O) groups excluding carboxylic acids is 1. The number of pyridine rings is 1. The Kier molecular flexibility index (Phi) is 4.31. The fourth-order valence-electron chi connectivity index (χ4n) is 2.13. The molecule has 0 aromatic carbocycles. The fraction of sp³-hybridized carbons (Fsp3) is 0.500. The van der Waals surface area contributed by atoms with Gasteiger partial charge < -0.3 is 4.74 Å². The zero-order chi connectivity index (χ0) is 13.8. The Morgan fingerprint density at radius 3 is 2.74 bits per heavy atom. The van der Waals surface area contributed by atoms with Crippen LogP contribution >= 0.6 is 11.6 Å². The molecule has 1 heterocycles. The molecule has 1 aliphatic rings. The lowest BCUT2D eigenvalue weighted by molar-refractivity contribution is -0.385. The molecule has 0 N–H and O–H groups in total. The van der Waals surface area contributed by atoms with E-state index in [1.807, 2.05) is 0 Å². The van der Waals surface area contributed by atoms with Crippen LogP contribution in [0.25, 0.3) is 0 Å². The van der Waals surface area contributed by atoms with E-state index in [0.29, 0.717) is 0 Å².